The van der Waals surface area contributed by atoms with Crippen LogP contribution in [0.4, 0.5) is 5.69 Å². The zero-order valence-corrected chi connectivity index (χ0v) is 11.0. The Labute approximate surface area is 113 Å². The lowest BCUT2D eigenvalue weighted by Gasteiger charge is -2.24. The van der Waals surface area contributed by atoms with Gasteiger partial charge in [0.05, 0.1) is 24.1 Å². The van der Waals surface area contributed by atoms with Crippen molar-refractivity contribution in [2.75, 3.05) is 4.90 Å². The highest BCUT2D eigenvalue weighted by Crippen LogP contribution is 2.35. The number of hydrogen-bond donors (Lipinski definition) is 0. The first-order chi connectivity index (χ1) is 9.28. The topological polar surface area (TPSA) is 40.2 Å². The van der Waals surface area contributed by atoms with Gasteiger partial charge >= 0.3 is 0 Å². The Hall–Kier alpha value is -2.21. The van der Waals surface area contributed by atoms with Gasteiger partial charge in [0.15, 0.2) is 0 Å². The van der Waals surface area contributed by atoms with Crippen LogP contribution in [0.3, 0.4) is 0 Å². The Bertz CT molecular complexity index is 606. The molecule has 3 heteroatoms. The summed E-state index contributed by atoms with van der Waals surface area (Å²) in [7, 11) is 0. The first-order valence-electron chi connectivity index (χ1n) is 6.57. The van der Waals surface area contributed by atoms with E-state index in [1.807, 2.05) is 25.1 Å². The maximum Gasteiger partial charge on any atom is 0.123 e. The summed E-state index contributed by atoms with van der Waals surface area (Å²) in [5.41, 5.74) is 2.89. The molecule has 96 valence electrons. The Morgan fingerprint density at radius 3 is 2.84 bits per heavy atom. The summed E-state index contributed by atoms with van der Waals surface area (Å²) >= 11 is 0. The molecule has 0 aliphatic heterocycles. The molecular formula is C16H16N2O. The fraction of sp³-hybridized carbons (Fsp3) is 0.312. The molecule has 0 radical (unpaired) electrons. The number of anilines is 1. The molecule has 0 atom stereocenters. The molecular weight excluding hydrogens is 236 g/mol. The van der Waals surface area contributed by atoms with Crippen molar-refractivity contribution >= 4 is 5.69 Å². The van der Waals surface area contributed by atoms with Gasteiger partial charge in [-0.25, -0.2) is 0 Å². The number of hydrogen-bond acceptors (Lipinski definition) is 3. The number of aryl methyl sites for hydroxylation is 1. The first kappa shape index (κ1) is 11.9. The van der Waals surface area contributed by atoms with Crippen LogP contribution in [0, 0.1) is 18.3 Å². The SMILES string of the molecule is Cc1ccc(N(Cc2ccco2)C2CC2)c(C#N)c1. The average Bonchev–Trinajstić information content (AvgIpc) is 3.13. The maximum atomic E-state index is 9.32. The standard InChI is InChI=1S/C16H16N2O/c1-12-4-7-16(13(9-12)10-17)18(14-5-6-14)11-15-3-2-8-19-15/h2-4,7-9,14H,5-6,11H2,1H3. The van der Waals surface area contributed by atoms with Crippen molar-refractivity contribution in [2.24, 2.45) is 0 Å². The van der Waals surface area contributed by atoms with E-state index >= 15 is 0 Å². The second-order valence-corrected chi connectivity index (χ2v) is 5.07. The summed E-state index contributed by atoms with van der Waals surface area (Å²) in [6.07, 6.45) is 4.08. The normalized spacial score (nSPS) is 14.1. The third kappa shape index (κ3) is 2.48. The van der Waals surface area contributed by atoms with Gasteiger partial charge < -0.3 is 9.32 Å². The van der Waals surface area contributed by atoms with Gasteiger partial charge in [0.2, 0.25) is 0 Å². The highest BCUT2D eigenvalue weighted by molar-refractivity contribution is 5.61. The largest absolute Gasteiger partial charge is 0.467 e. The average molecular weight is 252 g/mol. The molecule has 1 aromatic heterocycles. The molecule has 0 amide bonds. The summed E-state index contributed by atoms with van der Waals surface area (Å²) in [6, 6.07) is 12.8. The highest BCUT2D eigenvalue weighted by atomic mass is 16.3. The Morgan fingerprint density at radius 1 is 1.37 bits per heavy atom. The lowest BCUT2D eigenvalue weighted by Crippen LogP contribution is -2.25. The van der Waals surface area contributed by atoms with Gasteiger partial charge in [0.25, 0.3) is 0 Å². The minimum atomic E-state index is 0.542. The molecule has 0 spiro atoms. The summed E-state index contributed by atoms with van der Waals surface area (Å²) in [5, 5.41) is 9.32. The molecule has 2 aromatic rings. The third-order valence-corrected chi connectivity index (χ3v) is 3.48. The highest BCUT2D eigenvalue weighted by Gasteiger charge is 2.31. The molecule has 0 saturated heterocycles. The van der Waals surface area contributed by atoms with E-state index in [2.05, 4.69) is 23.1 Å². The molecule has 1 fully saturated rings. The number of nitriles is 1. The summed E-state index contributed by atoms with van der Waals surface area (Å²) in [4.78, 5) is 2.29. The quantitative estimate of drug-likeness (QED) is 0.834. The van der Waals surface area contributed by atoms with Crippen molar-refractivity contribution in [3.05, 3.63) is 53.5 Å². The molecule has 19 heavy (non-hydrogen) atoms. The molecule has 1 heterocycles. The zero-order valence-electron chi connectivity index (χ0n) is 11.0. The molecule has 0 bridgehead atoms. The van der Waals surface area contributed by atoms with E-state index in [4.69, 9.17) is 4.42 Å². The van der Waals surface area contributed by atoms with E-state index in [1.54, 1.807) is 6.26 Å². The lowest BCUT2D eigenvalue weighted by atomic mass is 10.1. The van der Waals surface area contributed by atoms with Gasteiger partial charge in [0, 0.05) is 6.04 Å². The monoisotopic (exact) mass is 252 g/mol. The van der Waals surface area contributed by atoms with E-state index in [1.165, 1.54) is 12.8 Å². The minimum absolute atomic E-state index is 0.542. The second-order valence-electron chi connectivity index (χ2n) is 5.07. The smallest absolute Gasteiger partial charge is 0.123 e. The van der Waals surface area contributed by atoms with Gasteiger partial charge in [-0.2, -0.15) is 5.26 Å². The Balaban J connectivity index is 1.94. The van der Waals surface area contributed by atoms with Gasteiger partial charge in [-0.15, -0.1) is 0 Å². The molecule has 3 rings (SSSR count). The number of rotatable bonds is 4. The van der Waals surface area contributed by atoms with Crippen LogP contribution in [0.25, 0.3) is 0 Å². The van der Waals surface area contributed by atoms with Crippen molar-refractivity contribution in [3.63, 3.8) is 0 Å². The van der Waals surface area contributed by atoms with Gasteiger partial charge in [-0.1, -0.05) is 6.07 Å². The lowest BCUT2D eigenvalue weighted by molar-refractivity contribution is 0.501. The summed E-state index contributed by atoms with van der Waals surface area (Å²) in [6.45, 7) is 2.74. The number of furan rings is 1. The van der Waals surface area contributed by atoms with E-state index in [-0.39, 0.29) is 0 Å². The molecule has 1 saturated carbocycles. The third-order valence-electron chi connectivity index (χ3n) is 3.48. The maximum absolute atomic E-state index is 9.32. The zero-order chi connectivity index (χ0) is 13.2. The summed E-state index contributed by atoms with van der Waals surface area (Å²) in [5.74, 6) is 0.941. The predicted molar refractivity (Wildman–Crippen MR) is 73.8 cm³/mol. The molecule has 1 aromatic carbocycles. The van der Waals surface area contributed by atoms with Crippen LogP contribution < -0.4 is 4.90 Å². The van der Waals surface area contributed by atoms with Gasteiger partial charge in [0.1, 0.15) is 11.8 Å². The van der Waals surface area contributed by atoms with Crippen molar-refractivity contribution in [1.29, 1.82) is 5.26 Å². The van der Waals surface area contributed by atoms with E-state index in [0.29, 0.717) is 6.04 Å². The summed E-state index contributed by atoms with van der Waals surface area (Å²) < 4.78 is 5.44. The molecule has 1 aliphatic rings. The molecule has 3 nitrogen and oxygen atoms in total. The van der Waals surface area contributed by atoms with Crippen LogP contribution in [-0.2, 0) is 6.54 Å². The Kier molecular flexibility index (Phi) is 3.00. The van der Waals surface area contributed by atoms with Crippen molar-refractivity contribution in [3.8, 4) is 6.07 Å². The van der Waals surface area contributed by atoms with E-state index in [0.717, 1.165) is 29.1 Å². The molecule has 0 N–H and O–H groups in total. The van der Waals surface area contributed by atoms with Crippen LogP contribution in [-0.4, -0.2) is 6.04 Å². The van der Waals surface area contributed by atoms with Crippen LogP contribution in [0.15, 0.2) is 41.0 Å². The fourth-order valence-electron chi connectivity index (χ4n) is 2.36. The second kappa shape index (κ2) is 4.81. The molecule has 1 aliphatic carbocycles. The van der Waals surface area contributed by atoms with E-state index in [9.17, 15) is 5.26 Å². The van der Waals surface area contributed by atoms with Crippen molar-refractivity contribution in [1.82, 2.24) is 0 Å². The predicted octanol–water partition coefficient (Wildman–Crippen LogP) is 3.63. The number of benzene rings is 1. The molecule has 0 unspecified atom stereocenters. The first-order valence-corrected chi connectivity index (χ1v) is 6.57. The van der Waals surface area contributed by atoms with Crippen LogP contribution in [0.5, 0.6) is 0 Å². The van der Waals surface area contributed by atoms with Crippen molar-refractivity contribution in [2.45, 2.75) is 32.4 Å². The fourth-order valence-corrected chi connectivity index (χ4v) is 2.36. The van der Waals surface area contributed by atoms with E-state index < -0.39 is 0 Å². The Morgan fingerprint density at radius 2 is 2.21 bits per heavy atom. The van der Waals surface area contributed by atoms with Crippen LogP contribution >= 0.6 is 0 Å². The van der Waals surface area contributed by atoms with Crippen LogP contribution in [0.1, 0.15) is 29.7 Å². The van der Waals surface area contributed by atoms with Gasteiger partial charge in [-0.05, 0) is 49.6 Å². The number of nitrogens with zero attached hydrogens (tertiary/aromatic N) is 2. The van der Waals surface area contributed by atoms with Crippen molar-refractivity contribution < 1.29 is 4.42 Å². The van der Waals surface area contributed by atoms with Crippen LogP contribution in [0.2, 0.25) is 0 Å². The van der Waals surface area contributed by atoms with Gasteiger partial charge in [-0.3, -0.25) is 0 Å². The minimum Gasteiger partial charge on any atom is -0.467 e.